The van der Waals surface area contributed by atoms with Crippen LogP contribution in [0.3, 0.4) is 0 Å². The maximum Gasteiger partial charge on any atom is 0.143 e. The molecule has 0 aliphatic heterocycles. The standard InChI is InChI=1S/C15H15ClN2/c1-15(2)7-10-5-3-4-6-11(10)14-12(15)9-17-13(8-16)18-14/h3-6,9H,7-8H2,1-2H3. The molecule has 2 aromatic rings. The summed E-state index contributed by atoms with van der Waals surface area (Å²) in [4.78, 5) is 8.96. The summed E-state index contributed by atoms with van der Waals surface area (Å²) in [5.74, 6) is 1.05. The third kappa shape index (κ3) is 1.72. The lowest BCUT2D eigenvalue weighted by Gasteiger charge is -2.33. The van der Waals surface area contributed by atoms with Crippen molar-refractivity contribution in [2.24, 2.45) is 0 Å². The lowest BCUT2D eigenvalue weighted by molar-refractivity contribution is 0.511. The Morgan fingerprint density at radius 1 is 1.28 bits per heavy atom. The molecule has 0 amide bonds. The van der Waals surface area contributed by atoms with E-state index in [0.717, 1.165) is 12.1 Å². The van der Waals surface area contributed by atoms with Gasteiger partial charge in [-0.05, 0) is 17.4 Å². The lowest BCUT2D eigenvalue weighted by Crippen LogP contribution is -2.26. The van der Waals surface area contributed by atoms with Crippen LogP contribution in [0.25, 0.3) is 11.3 Å². The highest BCUT2D eigenvalue weighted by Crippen LogP contribution is 2.41. The highest BCUT2D eigenvalue weighted by atomic mass is 35.5. The Labute approximate surface area is 112 Å². The smallest absolute Gasteiger partial charge is 0.143 e. The van der Waals surface area contributed by atoms with Crippen LogP contribution in [-0.4, -0.2) is 9.97 Å². The van der Waals surface area contributed by atoms with Gasteiger partial charge in [0, 0.05) is 17.3 Å². The highest BCUT2D eigenvalue weighted by molar-refractivity contribution is 6.16. The maximum atomic E-state index is 5.84. The van der Waals surface area contributed by atoms with Crippen molar-refractivity contribution in [1.29, 1.82) is 0 Å². The molecule has 0 fully saturated rings. The van der Waals surface area contributed by atoms with Crippen LogP contribution in [0.4, 0.5) is 0 Å². The van der Waals surface area contributed by atoms with Crippen LogP contribution in [0.15, 0.2) is 30.5 Å². The van der Waals surface area contributed by atoms with E-state index >= 15 is 0 Å². The summed E-state index contributed by atoms with van der Waals surface area (Å²) in [7, 11) is 0. The third-order valence-corrected chi connectivity index (χ3v) is 3.83. The molecule has 18 heavy (non-hydrogen) atoms. The molecule has 0 N–H and O–H groups in total. The third-order valence-electron chi connectivity index (χ3n) is 3.59. The number of rotatable bonds is 1. The summed E-state index contributed by atoms with van der Waals surface area (Å²) in [6.45, 7) is 4.48. The Balaban J connectivity index is 2.29. The predicted octanol–water partition coefficient (Wildman–Crippen LogP) is 3.72. The van der Waals surface area contributed by atoms with E-state index < -0.39 is 0 Å². The largest absolute Gasteiger partial charge is 0.240 e. The average molecular weight is 259 g/mol. The first-order chi connectivity index (χ1) is 8.62. The van der Waals surface area contributed by atoms with E-state index in [1.165, 1.54) is 16.7 Å². The van der Waals surface area contributed by atoms with Gasteiger partial charge in [0.1, 0.15) is 5.82 Å². The summed E-state index contributed by atoms with van der Waals surface area (Å²) < 4.78 is 0. The Morgan fingerprint density at radius 3 is 2.83 bits per heavy atom. The molecule has 0 spiro atoms. The van der Waals surface area contributed by atoms with E-state index in [9.17, 15) is 0 Å². The van der Waals surface area contributed by atoms with Gasteiger partial charge >= 0.3 is 0 Å². The zero-order valence-electron chi connectivity index (χ0n) is 10.6. The molecular weight excluding hydrogens is 244 g/mol. The van der Waals surface area contributed by atoms with E-state index in [0.29, 0.717) is 11.7 Å². The fraction of sp³-hybridized carbons (Fsp3) is 0.333. The van der Waals surface area contributed by atoms with Crippen molar-refractivity contribution in [2.45, 2.75) is 31.6 Å². The SMILES string of the molecule is CC1(C)Cc2ccccc2-c2nc(CCl)ncc21. The zero-order chi connectivity index (χ0) is 12.8. The molecule has 2 nitrogen and oxygen atoms in total. The van der Waals surface area contributed by atoms with Crippen LogP contribution in [0.1, 0.15) is 30.8 Å². The summed E-state index contributed by atoms with van der Waals surface area (Å²) in [6, 6.07) is 8.46. The van der Waals surface area contributed by atoms with Crippen LogP contribution in [0.5, 0.6) is 0 Å². The molecule has 1 aromatic carbocycles. The van der Waals surface area contributed by atoms with Gasteiger partial charge < -0.3 is 0 Å². The first-order valence-electron chi connectivity index (χ1n) is 6.12. The Hall–Kier alpha value is -1.41. The van der Waals surface area contributed by atoms with Crippen molar-refractivity contribution >= 4 is 11.6 Å². The van der Waals surface area contributed by atoms with Crippen molar-refractivity contribution in [2.75, 3.05) is 0 Å². The van der Waals surface area contributed by atoms with Gasteiger partial charge in [-0.15, -0.1) is 11.6 Å². The number of halogens is 1. The highest BCUT2D eigenvalue weighted by Gasteiger charge is 2.32. The topological polar surface area (TPSA) is 25.8 Å². The molecule has 1 aromatic heterocycles. The van der Waals surface area contributed by atoms with Crippen molar-refractivity contribution in [3.05, 3.63) is 47.4 Å². The normalized spacial score (nSPS) is 15.9. The molecule has 0 bridgehead atoms. The maximum absolute atomic E-state index is 5.84. The van der Waals surface area contributed by atoms with Crippen molar-refractivity contribution in [3.8, 4) is 11.3 Å². The van der Waals surface area contributed by atoms with Gasteiger partial charge in [-0.3, -0.25) is 0 Å². The molecule has 0 radical (unpaired) electrons. The molecular formula is C15H15ClN2. The van der Waals surface area contributed by atoms with E-state index in [1.807, 2.05) is 6.20 Å². The Bertz CT molecular complexity index is 605. The first kappa shape index (κ1) is 11.7. The van der Waals surface area contributed by atoms with E-state index in [4.69, 9.17) is 11.6 Å². The molecule has 92 valence electrons. The molecule has 0 atom stereocenters. The summed E-state index contributed by atoms with van der Waals surface area (Å²) in [5.41, 5.74) is 4.92. The fourth-order valence-corrected chi connectivity index (χ4v) is 2.79. The van der Waals surface area contributed by atoms with Gasteiger partial charge in [0.25, 0.3) is 0 Å². The zero-order valence-corrected chi connectivity index (χ0v) is 11.3. The number of alkyl halides is 1. The van der Waals surface area contributed by atoms with Crippen LogP contribution in [0, 0.1) is 0 Å². The van der Waals surface area contributed by atoms with Gasteiger partial charge in [-0.1, -0.05) is 38.1 Å². The van der Waals surface area contributed by atoms with Gasteiger partial charge in [0.15, 0.2) is 0 Å². The molecule has 0 saturated carbocycles. The molecule has 1 heterocycles. The molecule has 0 saturated heterocycles. The number of hydrogen-bond acceptors (Lipinski definition) is 2. The van der Waals surface area contributed by atoms with Gasteiger partial charge in [0.05, 0.1) is 11.6 Å². The number of benzene rings is 1. The number of fused-ring (bicyclic) bond motifs is 3. The molecule has 0 unspecified atom stereocenters. The summed E-state index contributed by atoms with van der Waals surface area (Å²) >= 11 is 5.84. The number of nitrogens with zero attached hydrogens (tertiary/aromatic N) is 2. The van der Waals surface area contributed by atoms with Crippen LogP contribution in [0.2, 0.25) is 0 Å². The predicted molar refractivity (Wildman–Crippen MR) is 73.8 cm³/mol. The fourth-order valence-electron chi connectivity index (χ4n) is 2.66. The lowest BCUT2D eigenvalue weighted by atomic mass is 9.72. The van der Waals surface area contributed by atoms with E-state index in [1.54, 1.807) is 0 Å². The van der Waals surface area contributed by atoms with E-state index in [2.05, 4.69) is 48.1 Å². The van der Waals surface area contributed by atoms with Gasteiger partial charge in [0.2, 0.25) is 0 Å². The van der Waals surface area contributed by atoms with Gasteiger partial charge in [-0.2, -0.15) is 0 Å². The average Bonchev–Trinajstić information content (AvgIpc) is 2.37. The molecule has 1 aliphatic carbocycles. The van der Waals surface area contributed by atoms with Crippen LogP contribution >= 0.6 is 11.6 Å². The molecule has 3 heteroatoms. The Kier molecular flexibility index (Phi) is 2.63. The van der Waals surface area contributed by atoms with Crippen molar-refractivity contribution in [1.82, 2.24) is 9.97 Å². The molecule has 1 aliphatic rings. The van der Waals surface area contributed by atoms with E-state index in [-0.39, 0.29) is 5.41 Å². The van der Waals surface area contributed by atoms with Crippen LogP contribution in [-0.2, 0) is 17.7 Å². The minimum Gasteiger partial charge on any atom is -0.240 e. The number of aromatic nitrogens is 2. The minimum atomic E-state index is 0.0779. The second kappa shape index (κ2) is 4.06. The quantitative estimate of drug-likeness (QED) is 0.729. The monoisotopic (exact) mass is 258 g/mol. The minimum absolute atomic E-state index is 0.0779. The molecule has 3 rings (SSSR count). The number of hydrogen-bond donors (Lipinski definition) is 0. The summed E-state index contributed by atoms with van der Waals surface area (Å²) in [5, 5.41) is 0. The Morgan fingerprint density at radius 2 is 2.06 bits per heavy atom. The summed E-state index contributed by atoms with van der Waals surface area (Å²) in [6.07, 6.45) is 2.97. The second-order valence-corrected chi connectivity index (χ2v) is 5.67. The first-order valence-corrected chi connectivity index (χ1v) is 6.66. The van der Waals surface area contributed by atoms with Gasteiger partial charge in [-0.25, -0.2) is 9.97 Å². The van der Waals surface area contributed by atoms with Crippen molar-refractivity contribution in [3.63, 3.8) is 0 Å². The van der Waals surface area contributed by atoms with Crippen LogP contribution < -0.4 is 0 Å². The van der Waals surface area contributed by atoms with Crippen molar-refractivity contribution < 1.29 is 0 Å². The second-order valence-electron chi connectivity index (χ2n) is 5.40.